The van der Waals surface area contributed by atoms with Gasteiger partial charge >= 0.3 is 6.03 Å². The Morgan fingerprint density at radius 1 is 1.52 bits per heavy atom. The Morgan fingerprint density at radius 2 is 2.24 bits per heavy atom. The molecule has 0 bridgehead atoms. The van der Waals surface area contributed by atoms with Gasteiger partial charge in [-0.1, -0.05) is 6.07 Å². The number of nitrogens with one attached hydrogen (secondary N) is 1. The van der Waals surface area contributed by atoms with Crippen LogP contribution in [0, 0.1) is 21.4 Å². The average Bonchev–Trinajstić information content (AvgIpc) is 2.99. The van der Waals surface area contributed by atoms with Crippen molar-refractivity contribution in [2.45, 2.75) is 45.2 Å². The molecule has 2 amide bonds. The summed E-state index contributed by atoms with van der Waals surface area (Å²) in [5.74, 6) is 0.166. The fraction of sp³-hybridized carbons (Fsp3) is 0.529. The predicted octanol–water partition coefficient (Wildman–Crippen LogP) is 2.82. The number of benzene rings is 1. The molecule has 0 unspecified atom stereocenters. The average molecular weight is 346 g/mol. The number of rotatable bonds is 4. The molecule has 0 aliphatic carbocycles. The van der Waals surface area contributed by atoms with Crippen molar-refractivity contribution in [2.75, 3.05) is 13.2 Å². The number of hydrogen-bond acceptors (Lipinski definition) is 5. The van der Waals surface area contributed by atoms with E-state index >= 15 is 0 Å². The first kappa shape index (κ1) is 18.5. The molecule has 1 aliphatic rings. The summed E-state index contributed by atoms with van der Waals surface area (Å²) in [5, 5.41) is 23.1. The molecule has 1 heterocycles. The van der Waals surface area contributed by atoms with Crippen LogP contribution in [0.1, 0.15) is 39.2 Å². The van der Waals surface area contributed by atoms with Crippen molar-refractivity contribution in [3.8, 4) is 11.8 Å². The van der Waals surface area contributed by atoms with Gasteiger partial charge in [0, 0.05) is 18.2 Å². The third-order valence-corrected chi connectivity index (χ3v) is 3.86. The Balaban J connectivity index is 2.08. The van der Waals surface area contributed by atoms with Crippen LogP contribution in [0.2, 0.25) is 0 Å². The highest BCUT2D eigenvalue weighted by atomic mass is 16.6. The van der Waals surface area contributed by atoms with E-state index in [1.54, 1.807) is 4.90 Å². The Labute approximate surface area is 146 Å². The number of carbonyl (C=O) groups is 1. The van der Waals surface area contributed by atoms with Gasteiger partial charge in [0.1, 0.15) is 18.4 Å². The molecule has 8 nitrogen and oxygen atoms in total. The molecule has 0 saturated carbocycles. The van der Waals surface area contributed by atoms with Crippen molar-refractivity contribution in [3.63, 3.8) is 0 Å². The van der Waals surface area contributed by atoms with E-state index in [1.807, 2.05) is 26.8 Å². The lowest BCUT2D eigenvalue weighted by molar-refractivity contribution is -0.385. The molecule has 1 fully saturated rings. The minimum absolute atomic E-state index is 0.101. The second kappa shape index (κ2) is 7.38. The van der Waals surface area contributed by atoms with Crippen molar-refractivity contribution < 1.29 is 14.5 Å². The summed E-state index contributed by atoms with van der Waals surface area (Å²) < 4.78 is 5.66. The number of nitriles is 1. The molecule has 1 aromatic rings. The van der Waals surface area contributed by atoms with Gasteiger partial charge in [-0.05, 0) is 39.7 Å². The highest BCUT2D eigenvalue weighted by Crippen LogP contribution is 2.28. The molecule has 1 aromatic carbocycles. The first-order valence-electron chi connectivity index (χ1n) is 8.12. The Kier molecular flexibility index (Phi) is 5.47. The maximum absolute atomic E-state index is 12.4. The standard InChI is InChI=1S/C17H22N4O4/c1-17(2,3)19-16(22)20-9-5-6-12(20)11-25-15-8-4-7-14(21(23)24)13(15)10-18/h4,7-8,12H,5-6,9,11H2,1-3H3,(H,19,22)/t12-/m1/s1. The second-order valence-corrected chi connectivity index (χ2v) is 7.00. The van der Waals surface area contributed by atoms with Gasteiger partial charge in [-0.15, -0.1) is 0 Å². The normalized spacial score (nSPS) is 17.0. The first-order chi connectivity index (χ1) is 11.7. The van der Waals surface area contributed by atoms with Crippen molar-refractivity contribution in [3.05, 3.63) is 33.9 Å². The molecule has 2 rings (SSSR count). The molecule has 1 atom stereocenters. The zero-order valence-corrected chi connectivity index (χ0v) is 14.6. The van der Waals surface area contributed by atoms with E-state index in [2.05, 4.69) is 5.32 Å². The van der Waals surface area contributed by atoms with E-state index in [4.69, 9.17) is 4.74 Å². The molecule has 0 aromatic heterocycles. The molecular formula is C17H22N4O4. The number of nitrogens with zero attached hydrogens (tertiary/aromatic N) is 3. The number of carbonyl (C=O) groups excluding carboxylic acids is 1. The molecule has 1 N–H and O–H groups in total. The topological polar surface area (TPSA) is 108 Å². The van der Waals surface area contributed by atoms with Gasteiger partial charge in [0.15, 0.2) is 5.56 Å². The molecule has 0 radical (unpaired) electrons. The largest absolute Gasteiger partial charge is 0.490 e. The minimum atomic E-state index is -0.607. The van der Waals surface area contributed by atoms with E-state index in [1.165, 1.54) is 18.2 Å². The molecule has 1 saturated heterocycles. The van der Waals surface area contributed by atoms with Crippen molar-refractivity contribution in [1.82, 2.24) is 10.2 Å². The van der Waals surface area contributed by atoms with Crippen LogP contribution >= 0.6 is 0 Å². The fourth-order valence-corrected chi connectivity index (χ4v) is 2.76. The van der Waals surface area contributed by atoms with Crippen LogP contribution in [0.4, 0.5) is 10.5 Å². The highest BCUT2D eigenvalue weighted by molar-refractivity contribution is 5.75. The molecule has 1 aliphatic heterocycles. The summed E-state index contributed by atoms with van der Waals surface area (Å²) in [6.45, 7) is 6.56. The summed E-state index contributed by atoms with van der Waals surface area (Å²) in [7, 11) is 0. The maximum atomic E-state index is 12.4. The maximum Gasteiger partial charge on any atom is 0.318 e. The fourth-order valence-electron chi connectivity index (χ4n) is 2.76. The second-order valence-electron chi connectivity index (χ2n) is 7.00. The number of ether oxygens (including phenoxy) is 1. The number of hydrogen-bond donors (Lipinski definition) is 1. The van der Waals surface area contributed by atoms with E-state index in [0.717, 1.165) is 12.8 Å². The number of likely N-dealkylation sites (tertiary alicyclic amines) is 1. The quantitative estimate of drug-likeness (QED) is 0.666. The van der Waals surface area contributed by atoms with E-state index in [-0.39, 0.29) is 41.2 Å². The third-order valence-electron chi connectivity index (χ3n) is 3.86. The number of nitro benzene ring substituents is 1. The summed E-state index contributed by atoms with van der Waals surface area (Å²) in [6, 6.07) is 5.82. The zero-order chi connectivity index (χ0) is 18.6. The third kappa shape index (κ3) is 4.59. The molecule has 0 spiro atoms. The van der Waals surface area contributed by atoms with Gasteiger partial charge in [0.05, 0.1) is 11.0 Å². The van der Waals surface area contributed by atoms with Crippen LogP contribution in [0.15, 0.2) is 18.2 Å². The van der Waals surface area contributed by atoms with Crippen molar-refractivity contribution in [2.24, 2.45) is 0 Å². The first-order valence-corrected chi connectivity index (χ1v) is 8.12. The lowest BCUT2D eigenvalue weighted by atomic mass is 10.1. The van der Waals surface area contributed by atoms with Gasteiger partial charge in [-0.25, -0.2) is 4.79 Å². The van der Waals surface area contributed by atoms with Crippen LogP contribution in [-0.2, 0) is 0 Å². The Hall–Kier alpha value is -2.82. The van der Waals surface area contributed by atoms with Crippen LogP contribution in [0.5, 0.6) is 5.75 Å². The van der Waals surface area contributed by atoms with Gasteiger partial charge in [0.25, 0.3) is 5.69 Å². The van der Waals surface area contributed by atoms with Crippen LogP contribution in [0.3, 0.4) is 0 Å². The SMILES string of the molecule is CC(C)(C)NC(=O)N1CCC[C@@H]1COc1cccc([N+](=O)[O-])c1C#N. The van der Waals surface area contributed by atoms with E-state index in [0.29, 0.717) is 6.54 Å². The van der Waals surface area contributed by atoms with Gasteiger partial charge in [0.2, 0.25) is 0 Å². The van der Waals surface area contributed by atoms with Gasteiger partial charge in [-0.2, -0.15) is 5.26 Å². The van der Waals surface area contributed by atoms with Crippen molar-refractivity contribution >= 4 is 11.7 Å². The Morgan fingerprint density at radius 3 is 2.84 bits per heavy atom. The monoisotopic (exact) mass is 346 g/mol. The molecule has 8 heteroatoms. The summed E-state index contributed by atoms with van der Waals surface area (Å²) in [5.41, 5.74) is -0.719. The summed E-state index contributed by atoms with van der Waals surface area (Å²) >= 11 is 0. The zero-order valence-electron chi connectivity index (χ0n) is 14.6. The highest BCUT2D eigenvalue weighted by Gasteiger charge is 2.31. The summed E-state index contributed by atoms with van der Waals surface area (Å²) in [6.07, 6.45) is 1.65. The number of amides is 2. The lowest BCUT2D eigenvalue weighted by Gasteiger charge is -2.29. The van der Waals surface area contributed by atoms with Crippen LogP contribution < -0.4 is 10.1 Å². The van der Waals surface area contributed by atoms with Gasteiger partial charge in [-0.3, -0.25) is 10.1 Å². The van der Waals surface area contributed by atoms with E-state index in [9.17, 15) is 20.2 Å². The summed E-state index contributed by atoms with van der Waals surface area (Å²) in [4.78, 5) is 24.5. The van der Waals surface area contributed by atoms with Crippen molar-refractivity contribution in [1.29, 1.82) is 5.26 Å². The number of urea groups is 1. The van der Waals surface area contributed by atoms with E-state index < -0.39 is 4.92 Å². The van der Waals surface area contributed by atoms with Crippen LogP contribution in [-0.4, -0.2) is 40.6 Å². The van der Waals surface area contributed by atoms with Gasteiger partial charge < -0.3 is 15.0 Å². The smallest absolute Gasteiger partial charge is 0.318 e. The molecule has 134 valence electrons. The predicted molar refractivity (Wildman–Crippen MR) is 91.3 cm³/mol. The number of nitro groups is 1. The molecule has 25 heavy (non-hydrogen) atoms. The minimum Gasteiger partial charge on any atom is -0.490 e. The Bertz CT molecular complexity index is 706. The molecular weight excluding hydrogens is 324 g/mol. The lowest BCUT2D eigenvalue weighted by Crippen LogP contribution is -2.51. The van der Waals surface area contributed by atoms with Crippen LogP contribution in [0.25, 0.3) is 0 Å².